The summed E-state index contributed by atoms with van der Waals surface area (Å²) in [5, 5.41) is 2.96. The molecule has 0 fully saturated rings. The van der Waals surface area contributed by atoms with E-state index >= 15 is 0 Å². The molecule has 0 aliphatic rings. The van der Waals surface area contributed by atoms with Crippen molar-refractivity contribution in [2.45, 2.75) is 20.3 Å². The van der Waals surface area contributed by atoms with E-state index in [9.17, 15) is 0 Å². The van der Waals surface area contributed by atoms with Crippen LogP contribution in [0.25, 0.3) is 0 Å². The van der Waals surface area contributed by atoms with Crippen LogP contribution in [0.5, 0.6) is 0 Å². The lowest BCUT2D eigenvalue weighted by Crippen LogP contribution is -1.95. The van der Waals surface area contributed by atoms with Gasteiger partial charge >= 0.3 is 0 Å². The minimum Gasteiger partial charge on any atom is -0.322 e. The third kappa shape index (κ3) is 4.45. The van der Waals surface area contributed by atoms with Crippen LogP contribution in [0.3, 0.4) is 0 Å². The molecule has 0 aromatic carbocycles. The largest absolute Gasteiger partial charge is 0.322 e. The summed E-state index contributed by atoms with van der Waals surface area (Å²) < 4.78 is 0. The highest BCUT2D eigenvalue weighted by Gasteiger charge is 1.94. The van der Waals surface area contributed by atoms with E-state index in [0.29, 0.717) is 11.6 Å². The zero-order valence-corrected chi connectivity index (χ0v) is 9.46. The fraction of sp³-hybridized carbons (Fsp3) is 0.273. The number of anilines is 2. The van der Waals surface area contributed by atoms with E-state index in [2.05, 4.69) is 39.1 Å². The summed E-state index contributed by atoms with van der Waals surface area (Å²) in [5.41, 5.74) is 0. The summed E-state index contributed by atoms with van der Waals surface area (Å²) in [7, 11) is 0. The van der Waals surface area contributed by atoms with Crippen molar-refractivity contribution in [1.29, 1.82) is 0 Å². The van der Waals surface area contributed by atoms with Gasteiger partial charge in [0.1, 0.15) is 11.6 Å². The van der Waals surface area contributed by atoms with Gasteiger partial charge in [-0.2, -0.15) is 0 Å². The Morgan fingerprint density at radius 3 is 1.69 bits per heavy atom. The Morgan fingerprint density at radius 2 is 1.38 bits per heavy atom. The highest BCUT2D eigenvalue weighted by Crippen LogP contribution is 2.06. The topological polar surface area (TPSA) is 63.6 Å². The third-order valence-corrected chi connectivity index (χ3v) is 1.38. The van der Waals surface area contributed by atoms with Gasteiger partial charge in [-0.3, -0.25) is 9.97 Å². The monoisotopic (exact) mass is 219 g/mol. The number of nitrogens with zero attached hydrogens (tertiary/aromatic N) is 4. The van der Waals surface area contributed by atoms with Gasteiger partial charge in [-0.1, -0.05) is 20.3 Å². The van der Waals surface area contributed by atoms with Gasteiger partial charge in [0.2, 0.25) is 0 Å². The van der Waals surface area contributed by atoms with Crippen molar-refractivity contribution in [2.24, 2.45) is 0 Å². The Hall–Kier alpha value is -2.04. The smallest absolute Gasteiger partial charge is 0.150 e. The van der Waals surface area contributed by atoms with Gasteiger partial charge in [0.15, 0.2) is 0 Å². The first-order chi connectivity index (χ1) is 7.86. The maximum Gasteiger partial charge on any atom is 0.150 e. The van der Waals surface area contributed by atoms with Crippen molar-refractivity contribution in [2.75, 3.05) is 5.32 Å². The summed E-state index contributed by atoms with van der Waals surface area (Å²) in [6.45, 7) is 4.25. The molecule has 16 heavy (non-hydrogen) atoms. The van der Waals surface area contributed by atoms with E-state index in [1.54, 1.807) is 37.2 Å². The lowest BCUT2D eigenvalue weighted by molar-refractivity contribution is 1.09. The Balaban J connectivity index is 0.000000583. The summed E-state index contributed by atoms with van der Waals surface area (Å²) in [6.07, 6.45) is 10.9. The van der Waals surface area contributed by atoms with Crippen LogP contribution >= 0.6 is 0 Å². The van der Waals surface area contributed by atoms with E-state index in [-0.39, 0.29) is 1.43 Å². The molecule has 1 N–H and O–H groups in total. The van der Waals surface area contributed by atoms with E-state index in [1.165, 1.54) is 6.42 Å². The SMILES string of the molecule is CCC.[HH].c1cnc(Nc2cnccn2)cn1. The highest BCUT2D eigenvalue weighted by molar-refractivity contribution is 5.47. The van der Waals surface area contributed by atoms with E-state index in [0.717, 1.165) is 0 Å². The van der Waals surface area contributed by atoms with Crippen LogP contribution in [0.4, 0.5) is 11.6 Å². The molecule has 0 saturated heterocycles. The summed E-state index contributed by atoms with van der Waals surface area (Å²) >= 11 is 0. The molecule has 5 nitrogen and oxygen atoms in total. The van der Waals surface area contributed by atoms with Crippen LogP contribution in [-0.4, -0.2) is 19.9 Å². The number of aromatic nitrogens is 4. The minimum atomic E-state index is 0. The molecule has 0 saturated carbocycles. The Kier molecular flexibility index (Phi) is 5.47. The lowest BCUT2D eigenvalue weighted by Gasteiger charge is -2.01. The molecule has 2 heterocycles. The Morgan fingerprint density at radius 1 is 0.938 bits per heavy atom. The van der Waals surface area contributed by atoms with Crippen molar-refractivity contribution in [1.82, 2.24) is 19.9 Å². The van der Waals surface area contributed by atoms with Crippen LogP contribution in [0.1, 0.15) is 21.7 Å². The number of rotatable bonds is 2. The maximum atomic E-state index is 4.03. The normalized spacial score (nSPS) is 8.88. The van der Waals surface area contributed by atoms with Gasteiger partial charge < -0.3 is 5.32 Å². The van der Waals surface area contributed by atoms with Crippen molar-refractivity contribution >= 4 is 11.6 Å². The number of hydrogen-bond donors (Lipinski definition) is 1. The van der Waals surface area contributed by atoms with E-state index in [1.807, 2.05) is 0 Å². The second-order valence-corrected chi connectivity index (χ2v) is 3.01. The first-order valence-electron chi connectivity index (χ1n) is 5.15. The van der Waals surface area contributed by atoms with Gasteiger partial charge in [0.05, 0.1) is 12.4 Å². The average Bonchev–Trinajstić information content (AvgIpc) is 2.33. The van der Waals surface area contributed by atoms with Crippen molar-refractivity contribution in [3.05, 3.63) is 37.2 Å². The predicted molar refractivity (Wildman–Crippen MR) is 65.4 cm³/mol. The highest BCUT2D eigenvalue weighted by atomic mass is 15.1. The lowest BCUT2D eigenvalue weighted by atomic mass is 10.6. The first-order valence-corrected chi connectivity index (χ1v) is 5.15. The molecule has 0 aliphatic heterocycles. The Bertz CT molecular complexity index is 344. The second-order valence-electron chi connectivity index (χ2n) is 3.01. The van der Waals surface area contributed by atoms with Crippen molar-refractivity contribution in [3.8, 4) is 0 Å². The van der Waals surface area contributed by atoms with E-state index < -0.39 is 0 Å². The molecule has 86 valence electrons. The molecular formula is C11H17N5. The van der Waals surface area contributed by atoms with Crippen LogP contribution in [-0.2, 0) is 0 Å². The standard InChI is InChI=1S/C8H7N5.C3H8.H2/c1-3-11-7(5-9-1)13-8-6-10-2-4-12-8;1-3-2;/h1-6H,(H,11,12,13);3H2,1-2H3;1H. The summed E-state index contributed by atoms with van der Waals surface area (Å²) in [6, 6.07) is 0. The maximum absolute atomic E-state index is 4.03. The minimum absolute atomic E-state index is 0. The molecule has 0 atom stereocenters. The summed E-state index contributed by atoms with van der Waals surface area (Å²) in [4.78, 5) is 15.9. The molecule has 0 radical (unpaired) electrons. The number of hydrogen-bond acceptors (Lipinski definition) is 5. The molecule has 0 amide bonds. The van der Waals surface area contributed by atoms with Gasteiger partial charge in [0, 0.05) is 26.2 Å². The van der Waals surface area contributed by atoms with Gasteiger partial charge in [-0.25, -0.2) is 9.97 Å². The quantitative estimate of drug-likeness (QED) is 0.841. The van der Waals surface area contributed by atoms with Crippen LogP contribution in [0, 0.1) is 0 Å². The second kappa shape index (κ2) is 7.28. The molecule has 2 aromatic heterocycles. The average molecular weight is 219 g/mol. The van der Waals surface area contributed by atoms with Crippen molar-refractivity contribution in [3.63, 3.8) is 0 Å². The fourth-order valence-corrected chi connectivity index (χ4v) is 0.858. The zero-order valence-electron chi connectivity index (χ0n) is 9.46. The van der Waals surface area contributed by atoms with Gasteiger partial charge in [-0.15, -0.1) is 0 Å². The number of nitrogens with one attached hydrogen (secondary N) is 1. The van der Waals surface area contributed by atoms with Gasteiger partial charge in [0.25, 0.3) is 0 Å². The molecule has 5 heteroatoms. The third-order valence-electron chi connectivity index (χ3n) is 1.38. The van der Waals surface area contributed by atoms with Crippen LogP contribution in [0.15, 0.2) is 37.2 Å². The molecule has 0 bridgehead atoms. The zero-order chi connectivity index (χ0) is 11.6. The summed E-state index contributed by atoms with van der Waals surface area (Å²) in [5.74, 6) is 1.31. The Labute approximate surface area is 96.5 Å². The molecule has 0 unspecified atom stereocenters. The molecule has 0 spiro atoms. The predicted octanol–water partition coefficient (Wildman–Crippen LogP) is 2.67. The van der Waals surface area contributed by atoms with Crippen LogP contribution in [0.2, 0.25) is 0 Å². The fourth-order valence-electron chi connectivity index (χ4n) is 0.858. The van der Waals surface area contributed by atoms with Crippen LogP contribution < -0.4 is 5.32 Å². The first kappa shape index (κ1) is 12.0. The van der Waals surface area contributed by atoms with E-state index in [4.69, 9.17) is 0 Å². The molecule has 2 aromatic rings. The molecule has 2 rings (SSSR count). The van der Waals surface area contributed by atoms with Crippen molar-refractivity contribution < 1.29 is 1.43 Å². The molecule has 0 aliphatic carbocycles. The van der Waals surface area contributed by atoms with Gasteiger partial charge in [-0.05, 0) is 0 Å². The molecular weight excluding hydrogens is 202 g/mol.